The minimum absolute atomic E-state index is 0. The van der Waals surface area contributed by atoms with E-state index in [4.69, 9.17) is 0 Å². The van der Waals surface area contributed by atoms with Crippen molar-refractivity contribution in [3.05, 3.63) is 49.6 Å². The Morgan fingerprint density at radius 1 is 1.00 bits per heavy atom. The predicted octanol–water partition coefficient (Wildman–Crippen LogP) is 2.58. The number of hydrogen-bond donors (Lipinski definition) is 1. The van der Waals surface area contributed by atoms with Crippen molar-refractivity contribution >= 4 is 27.8 Å². The van der Waals surface area contributed by atoms with Crippen LogP contribution in [0.15, 0.2) is 37.1 Å². The quantitative estimate of drug-likeness (QED) is 0.469. The molecule has 1 saturated carbocycles. The molecule has 9 heteroatoms. The van der Waals surface area contributed by atoms with Gasteiger partial charge in [0.15, 0.2) is 0 Å². The van der Waals surface area contributed by atoms with Crippen molar-refractivity contribution in [2.45, 2.75) is 31.7 Å². The van der Waals surface area contributed by atoms with Crippen LogP contribution in [-0.2, 0) is 18.6 Å². The van der Waals surface area contributed by atoms with Crippen molar-refractivity contribution in [2.24, 2.45) is 0 Å². The first-order chi connectivity index (χ1) is 14.9. The summed E-state index contributed by atoms with van der Waals surface area (Å²) in [4.78, 5) is 23.0. The zero-order valence-electron chi connectivity index (χ0n) is 17.3. The maximum atomic E-state index is 4.36. The summed E-state index contributed by atoms with van der Waals surface area (Å²) in [7, 11) is 0. The van der Waals surface area contributed by atoms with Crippen molar-refractivity contribution in [2.75, 3.05) is 31.1 Å². The van der Waals surface area contributed by atoms with Gasteiger partial charge in [0.25, 0.3) is 0 Å². The Morgan fingerprint density at radius 2 is 1.84 bits per heavy atom. The summed E-state index contributed by atoms with van der Waals surface area (Å²) in [6.07, 6.45) is 19.5. The third-order valence-corrected chi connectivity index (χ3v) is 5.87. The summed E-state index contributed by atoms with van der Waals surface area (Å²) in [5.41, 5.74) is 2.17. The smallest absolute Gasteiger partial charge is 0.454 e. The summed E-state index contributed by atoms with van der Waals surface area (Å²) >= 11 is 0. The molecule has 2 aliphatic rings. The first-order valence-electron chi connectivity index (χ1n) is 10.5. The second kappa shape index (κ2) is 10.2. The molecule has 0 unspecified atom stereocenters. The van der Waals surface area contributed by atoms with Crippen LogP contribution in [0.1, 0.15) is 31.7 Å². The molecule has 1 N–H and O–H groups in total. The topological polar surface area (TPSA) is 84.7 Å². The number of nitrogens with zero attached hydrogens (tertiary/aromatic N) is 7. The number of piperazine rings is 1. The molecule has 6 rings (SSSR count). The van der Waals surface area contributed by atoms with Gasteiger partial charge in [-0.05, 0) is 30.5 Å². The molecule has 0 aromatic carbocycles. The van der Waals surface area contributed by atoms with Gasteiger partial charge in [0, 0.05) is 50.4 Å². The van der Waals surface area contributed by atoms with Gasteiger partial charge in [-0.3, -0.25) is 9.97 Å². The Hall–Kier alpha value is -2.55. The largest absolute Gasteiger partial charge is 2.00 e. The van der Waals surface area contributed by atoms with Crippen LogP contribution in [0.4, 0.5) is 5.82 Å². The zero-order valence-corrected chi connectivity index (χ0v) is 18.7. The number of anilines is 1. The number of nitrogens with one attached hydrogen (secondary N) is 1. The van der Waals surface area contributed by atoms with Crippen LogP contribution < -0.4 is 10.2 Å². The molecule has 1 radical (unpaired) electrons. The summed E-state index contributed by atoms with van der Waals surface area (Å²) < 4.78 is 2.34. The summed E-state index contributed by atoms with van der Waals surface area (Å²) in [6, 6.07) is 2.60. The average molecular weight is 451 g/mol. The Balaban J connectivity index is 0.000000156. The maximum Gasteiger partial charge on any atom is 2.00 e. The monoisotopic (exact) mass is 451 g/mol. The maximum absolute atomic E-state index is 4.36. The van der Waals surface area contributed by atoms with E-state index >= 15 is 0 Å². The standard InChI is InChI=1S/C14H13N4.C8H11N4.V/c1-2-4-10(3-1)18-13-8-15-6-5-11(13)12-7-16-9-17-14(12)18;1-2-11-8(7-10-1)12-5-3-9-4-6-12;/h5-8,10H,1-4H2;2,7,9H,3-6H2;/q2*-1;+2. The molecule has 1 aliphatic carbocycles. The summed E-state index contributed by atoms with van der Waals surface area (Å²) in [6.45, 7) is 4.08. The number of fused-ring (bicyclic) bond motifs is 3. The molecule has 4 aromatic heterocycles. The van der Waals surface area contributed by atoms with E-state index in [0.29, 0.717) is 6.04 Å². The second-order valence-corrected chi connectivity index (χ2v) is 7.65. The van der Waals surface area contributed by atoms with Crippen LogP contribution in [0.25, 0.3) is 21.9 Å². The molecule has 0 amide bonds. The van der Waals surface area contributed by atoms with Crippen molar-refractivity contribution in [3.8, 4) is 0 Å². The predicted molar refractivity (Wildman–Crippen MR) is 115 cm³/mol. The molecule has 157 valence electrons. The van der Waals surface area contributed by atoms with E-state index < -0.39 is 0 Å². The second-order valence-electron chi connectivity index (χ2n) is 7.65. The van der Waals surface area contributed by atoms with E-state index in [1.165, 1.54) is 36.6 Å². The molecule has 1 aliphatic heterocycles. The van der Waals surface area contributed by atoms with Crippen LogP contribution in [0.2, 0.25) is 0 Å². The van der Waals surface area contributed by atoms with E-state index in [0.717, 1.165) is 43.0 Å². The van der Waals surface area contributed by atoms with Crippen LogP contribution >= 0.6 is 0 Å². The Labute approximate surface area is 193 Å². The fraction of sp³-hybridized carbons (Fsp3) is 0.409. The molecule has 4 aromatic rings. The van der Waals surface area contributed by atoms with Crippen LogP contribution in [0.5, 0.6) is 0 Å². The first kappa shape index (κ1) is 21.7. The number of rotatable bonds is 2. The van der Waals surface area contributed by atoms with E-state index in [9.17, 15) is 0 Å². The summed E-state index contributed by atoms with van der Waals surface area (Å²) in [5, 5.41) is 5.59. The number of pyridine rings is 1. The molecular weight excluding hydrogens is 427 g/mol. The fourth-order valence-electron chi connectivity index (χ4n) is 4.43. The SMILES string of the molecule is [V+2].[c-]1cnc(N2CCNCC2)cn1.[c-]1ncc2c3ccncc3n(C3CCCC3)c2n1. The van der Waals surface area contributed by atoms with Crippen LogP contribution in [0, 0.1) is 12.5 Å². The average Bonchev–Trinajstić information content (AvgIpc) is 3.47. The third kappa shape index (κ3) is 4.56. The van der Waals surface area contributed by atoms with Crippen LogP contribution in [0.3, 0.4) is 0 Å². The van der Waals surface area contributed by atoms with E-state index in [-0.39, 0.29) is 18.6 Å². The van der Waals surface area contributed by atoms with Crippen molar-refractivity contribution < 1.29 is 18.6 Å². The molecule has 2 fully saturated rings. The Bertz CT molecular complexity index is 1050. The van der Waals surface area contributed by atoms with E-state index in [1.54, 1.807) is 12.4 Å². The third-order valence-electron chi connectivity index (χ3n) is 5.87. The molecule has 31 heavy (non-hydrogen) atoms. The van der Waals surface area contributed by atoms with Gasteiger partial charge in [-0.1, -0.05) is 30.6 Å². The Morgan fingerprint density at radius 3 is 2.61 bits per heavy atom. The van der Waals surface area contributed by atoms with Crippen molar-refractivity contribution in [3.63, 3.8) is 0 Å². The van der Waals surface area contributed by atoms with Crippen LogP contribution in [-0.4, -0.2) is 55.7 Å². The van der Waals surface area contributed by atoms with Gasteiger partial charge in [0.2, 0.25) is 0 Å². The molecule has 0 spiro atoms. The Kier molecular flexibility index (Phi) is 7.12. The minimum Gasteiger partial charge on any atom is -0.454 e. The van der Waals surface area contributed by atoms with E-state index in [2.05, 4.69) is 52.2 Å². The number of aromatic nitrogens is 6. The van der Waals surface area contributed by atoms with Gasteiger partial charge in [-0.25, -0.2) is 0 Å². The van der Waals surface area contributed by atoms with E-state index in [1.807, 2.05) is 24.7 Å². The van der Waals surface area contributed by atoms with Gasteiger partial charge in [0.1, 0.15) is 0 Å². The summed E-state index contributed by atoms with van der Waals surface area (Å²) in [5.74, 6) is 0.954. The molecule has 0 bridgehead atoms. The molecule has 5 heterocycles. The molecule has 8 nitrogen and oxygen atoms in total. The minimum atomic E-state index is 0. The van der Waals surface area contributed by atoms with Gasteiger partial charge >= 0.3 is 18.6 Å². The molecule has 0 atom stereocenters. The van der Waals surface area contributed by atoms with Crippen molar-refractivity contribution in [1.82, 2.24) is 34.8 Å². The molecule has 1 saturated heterocycles. The van der Waals surface area contributed by atoms with Gasteiger partial charge in [0.05, 0.1) is 17.5 Å². The first-order valence-corrected chi connectivity index (χ1v) is 10.5. The van der Waals surface area contributed by atoms with Gasteiger partial charge in [-0.15, -0.1) is 6.20 Å². The molecular formula is C22H24N8V. The van der Waals surface area contributed by atoms with Crippen molar-refractivity contribution in [1.29, 1.82) is 0 Å². The van der Waals surface area contributed by atoms with Gasteiger partial charge < -0.3 is 29.7 Å². The van der Waals surface area contributed by atoms with Gasteiger partial charge in [-0.2, -0.15) is 0 Å². The normalized spacial score (nSPS) is 16.7. The fourth-order valence-corrected chi connectivity index (χ4v) is 4.43. The number of hydrogen-bond acceptors (Lipinski definition) is 7. The zero-order chi connectivity index (χ0) is 20.2.